The fraction of sp³-hybridized carbons (Fsp3) is 0.400. The molecule has 1 fully saturated rings. The molecule has 0 saturated carbocycles. The van der Waals surface area contributed by atoms with Crippen LogP contribution in [0, 0.1) is 0 Å². The van der Waals surface area contributed by atoms with Gasteiger partial charge in [-0.1, -0.05) is 30.3 Å². The predicted molar refractivity (Wildman–Crippen MR) is 98.0 cm³/mol. The number of likely N-dealkylation sites (tertiary alicyclic amines) is 1. The molecule has 26 heavy (non-hydrogen) atoms. The fourth-order valence-corrected chi connectivity index (χ4v) is 3.30. The maximum Gasteiger partial charge on any atom is 0.220 e. The van der Waals surface area contributed by atoms with Crippen LogP contribution in [0.2, 0.25) is 0 Å². The van der Waals surface area contributed by atoms with Crippen molar-refractivity contribution in [2.75, 3.05) is 6.54 Å². The molecule has 6 nitrogen and oxygen atoms in total. The van der Waals surface area contributed by atoms with E-state index in [0.717, 1.165) is 30.6 Å². The third kappa shape index (κ3) is 4.65. The molecule has 0 bridgehead atoms. The molecule has 1 atom stereocenters. The first kappa shape index (κ1) is 18.0. The van der Waals surface area contributed by atoms with Gasteiger partial charge in [0.25, 0.3) is 0 Å². The summed E-state index contributed by atoms with van der Waals surface area (Å²) >= 11 is 0. The van der Waals surface area contributed by atoms with Gasteiger partial charge < -0.3 is 10.2 Å². The summed E-state index contributed by atoms with van der Waals surface area (Å²) in [4.78, 5) is 34.5. The van der Waals surface area contributed by atoms with Gasteiger partial charge in [-0.3, -0.25) is 19.6 Å². The van der Waals surface area contributed by atoms with Crippen molar-refractivity contribution in [2.24, 2.45) is 0 Å². The minimum Gasteiger partial charge on any atom is -0.350 e. The van der Waals surface area contributed by atoms with Gasteiger partial charge in [-0.25, -0.2) is 0 Å². The smallest absolute Gasteiger partial charge is 0.220 e. The minimum atomic E-state index is -0.00714. The fourth-order valence-electron chi connectivity index (χ4n) is 3.30. The number of rotatable bonds is 6. The largest absolute Gasteiger partial charge is 0.350 e. The van der Waals surface area contributed by atoms with E-state index in [4.69, 9.17) is 0 Å². The molecule has 0 spiro atoms. The molecule has 1 saturated heterocycles. The Kier molecular flexibility index (Phi) is 5.94. The van der Waals surface area contributed by atoms with E-state index in [1.54, 1.807) is 19.3 Å². The highest BCUT2D eigenvalue weighted by molar-refractivity contribution is 5.76. The molecular weight excluding hydrogens is 328 g/mol. The summed E-state index contributed by atoms with van der Waals surface area (Å²) in [7, 11) is 0. The van der Waals surface area contributed by atoms with E-state index in [2.05, 4.69) is 15.3 Å². The quantitative estimate of drug-likeness (QED) is 0.866. The monoisotopic (exact) mass is 352 g/mol. The van der Waals surface area contributed by atoms with Crippen LogP contribution in [0.25, 0.3) is 0 Å². The number of amides is 2. The number of carbonyl (C=O) groups excluding carboxylic acids is 2. The summed E-state index contributed by atoms with van der Waals surface area (Å²) in [5, 5.41) is 2.90. The Morgan fingerprint density at radius 3 is 2.81 bits per heavy atom. The molecule has 1 N–H and O–H groups in total. The first-order chi connectivity index (χ1) is 12.6. The van der Waals surface area contributed by atoms with Crippen LogP contribution in [0.15, 0.2) is 42.7 Å². The lowest BCUT2D eigenvalue weighted by Gasteiger charge is -2.22. The topological polar surface area (TPSA) is 75.2 Å². The second-order valence-corrected chi connectivity index (χ2v) is 6.57. The van der Waals surface area contributed by atoms with E-state index in [0.29, 0.717) is 25.1 Å². The highest BCUT2D eigenvalue weighted by Crippen LogP contribution is 2.30. The maximum absolute atomic E-state index is 12.1. The van der Waals surface area contributed by atoms with Crippen LogP contribution in [0.1, 0.15) is 49.2 Å². The van der Waals surface area contributed by atoms with Gasteiger partial charge in [0.1, 0.15) is 0 Å². The Hall–Kier alpha value is -2.76. The van der Waals surface area contributed by atoms with Gasteiger partial charge in [0.2, 0.25) is 11.8 Å². The third-order valence-corrected chi connectivity index (χ3v) is 4.65. The van der Waals surface area contributed by atoms with Gasteiger partial charge in [0.15, 0.2) is 0 Å². The van der Waals surface area contributed by atoms with Gasteiger partial charge in [0.05, 0.1) is 36.4 Å². The standard InChI is InChI=1S/C20H24N4O2/c1-15(25)24-11-5-8-19(24)18-14-21-12-17(23-18)13-22-20(26)10-9-16-6-3-2-4-7-16/h2-4,6-7,12,14,19H,5,8-11,13H2,1H3,(H,22,26)/t19-/m0/s1. The van der Waals surface area contributed by atoms with Crippen LogP contribution < -0.4 is 5.32 Å². The number of aryl methyl sites for hydroxylation is 1. The number of hydrogen-bond donors (Lipinski definition) is 1. The van der Waals surface area contributed by atoms with Gasteiger partial charge in [-0.15, -0.1) is 0 Å². The van der Waals surface area contributed by atoms with Crippen LogP contribution in [-0.4, -0.2) is 33.2 Å². The average molecular weight is 352 g/mol. The molecule has 0 aliphatic carbocycles. The molecule has 1 aromatic carbocycles. The number of carbonyl (C=O) groups is 2. The minimum absolute atomic E-state index is 0.00580. The van der Waals surface area contributed by atoms with E-state index in [9.17, 15) is 9.59 Å². The molecular formula is C20H24N4O2. The van der Waals surface area contributed by atoms with Gasteiger partial charge in [-0.05, 0) is 24.8 Å². The molecule has 6 heteroatoms. The predicted octanol–water partition coefficient (Wildman–Crippen LogP) is 2.41. The highest BCUT2D eigenvalue weighted by atomic mass is 16.2. The Labute approximate surface area is 153 Å². The van der Waals surface area contributed by atoms with Crippen molar-refractivity contribution in [3.05, 3.63) is 59.7 Å². The molecule has 0 radical (unpaired) electrons. The first-order valence-electron chi connectivity index (χ1n) is 9.02. The number of hydrogen-bond acceptors (Lipinski definition) is 4. The van der Waals surface area contributed by atoms with Crippen molar-refractivity contribution >= 4 is 11.8 Å². The van der Waals surface area contributed by atoms with Crippen molar-refractivity contribution in [2.45, 2.75) is 45.2 Å². The Balaban J connectivity index is 1.54. The summed E-state index contributed by atoms with van der Waals surface area (Å²) in [6.07, 6.45) is 6.42. The number of aromatic nitrogens is 2. The molecule has 3 rings (SSSR count). The number of nitrogens with zero attached hydrogens (tertiary/aromatic N) is 3. The summed E-state index contributed by atoms with van der Waals surface area (Å²) in [6, 6.07) is 9.94. The zero-order valence-corrected chi connectivity index (χ0v) is 15.0. The zero-order chi connectivity index (χ0) is 18.4. The summed E-state index contributed by atoms with van der Waals surface area (Å²) in [5.41, 5.74) is 2.66. The second kappa shape index (κ2) is 8.56. The lowest BCUT2D eigenvalue weighted by molar-refractivity contribution is -0.129. The normalized spacial score (nSPS) is 16.5. The summed E-state index contributed by atoms with van der Waals surface area (Å²) in [6.45, 7) is 2.70. The highest BCUT2D eigenvalue weighted by Gasteiger charge is 2.29. The Morgan fingerprint density at radius 2 is 2.04 bits per heavy atom. The Bertz CT molecular complexity index is 763. The summed E-state index contributed by atoms with van der Waals surface area (Å²) in [5.74, 6) is 0.0567. The molecule has 0 unspecified atom stereocenters. The lowest BCUT2D eigenvalue weighted by Crippen LogP contribution is -2.29. The Morgan fingerprint density at radius 1 is 1.23 bits per heavy atom. The van der Waals surface area contributed by atoms with E-state index in [1.165, 1.54) is 0 Å². The van der Waals surface area contributed by atoms with Crippen molar-refractivity contribution in [3.8, 4) is 0 Å². The second-order valence-electron chi connectivity index (χ2n) is 6.57. The van der Waals surface area contributed by atoms with Gasteiger partial charge >= 0.3 is 0 Å². The van der Waals surface area contributed by atoms with Crippen LogP contribution >= 0.6 is 0 Å². The molecule has 136 valence electrons. The van der Waals surface area contributed by atoms with E-state index in [-0.39, 0.29) is 17.9 Å². The van der Waals surface area contributed by atoms with Crippen molar-refractivity contribution in [1.82, 2.24) is 20.2 Å². The van der Waals surface area contributed by atoms with Gasteiger partial charge in [0, 0.05) is 19.9 Å². The molecule has 1 aliphatic rings. The third-order valence-electron chi connectivity index (χ3n) is 4.65. The number of benzene rings is 1. The van der Waals surface area contributed by atoms with E-state index < -0.39 is 0 Å². The van der Waals surface area contributed by atoms with Crippen molar-refractivity contribution in [1.29, 1.82) is 0 Å². The maximum atomic E-state index is 12.1. The molecule has 2 amide bonds. The number of nitrogens with one attached hydrogen (secondary N) is 1. The molecule has 2 aromatic rings. The molecule has 2 heterocycles. The van der Waals surface area contributed by atoms with Crippen LogP contribution in [0.4, 0.5) is 0 Å². The van der Waals surface area contributed by atoms with Crippen LogP contribution in [-0.2, 0) is 22.6 Å². The average Bonchev–Trinajstić information content (AvgIpc) is 3.16. The molecule has 1 aliphatic heterocycles. The van der Waals surface area contributed by atoms with E-state index in [1.807, 2.05) is 35.2 Å². The van der Waals surface area contributed by atoms with Gasteiger partial charge in [-0.2, -0.15) is 0 Å². The first-order valence-corrected chi connectivity index (χ1v) is 9.02. The van der Waals surface area contributed by atoms with E-state index >= 15 is 0 Å². The SMILES string of the molecule is CC(=O)N1CCC[C@H]1c1cncc(CNC(=O)CCc2ccccc2)n1. The summed E-state index contributed by atoms with van der Waals surface area (Å²) < 4.78 is 0. The molecule has 1 aromatic heterocycles. The zero-order valence-electron chi connectivity index (χ0n) is 15.0. The van der Waals surface area contributed by atoms with Crippen LogP contribution in [0.5, 0.6) is 0 Å². The van der Waals surface area contributed by atoms with Crippen molar-refractivity contribution < 1.29 is 9.59 Å². The van der Waals surface area contributed by atoms with Crippen LogP contribution in [0.3, 0.4) is 0 Å². The lowest BCUT2D eigenvalue weighted by atomic mass is 10.1. The van der Waals surface area contributed by atoms with Crippen molar-refractivity contribution in [3.63, 3.8) is 0 Å².